The number of hydrogen-bond acceptors (Lipinski definition) is 2. The van der Waals surface area contributed by atoms with Crippen LogP contribution in [-0.4, -0.2) is 20.9 Å². The number of rotatable bonds is 3. The van der Waals surface area contributed by atoms with Crippen molar-refractivity contribution in [3.8, 4) is 0 Å². The van der Waals surface area contributed by atoms with E-state index in [9.17, 15) is 4.79 Å². The highest BCUT2D eigenvalue weighted by molar-refractivity contribution is 14.1. The van der Waals surface area contributed by atoms with Crippen molar-refractivity contribution in [2.45, 2.75) is 25.3 Å². The molecule has 70 valence electrons. The summed E-state index contributed by atoms with van der Waals surface area (Å²) in [5.74, 6) is -0.261. The minimum atomic E-state index is -0.846. The second-order valence-electron chi connectivity index (χ2n) is 3.23. The number of carbonyl (C=O) groups is 1. The average molecular weight is 292 g/mol. The average Bonchev–Trinajstić information content (AvgIpc) is 2.77. The van der Waals surface area contributed by atoms with Gasteiger partial charge in [-0.2, -0.15) is 5.10 Å². The molecular formula is C8H9IN2O2. The molecule has 1 aliphatic rings. The zero-order chi connectivity index (χ0) is 9.42. The Bertz CT molecular complexity index is 344. The van der Waals surface area contributed by atoms with E-state index in [1.807, 2.05) is 0 Å². The predicted octanol–water partition coefficient (Wildman–Crippen LogP) is 1.45. The summed E-state index contributed by atoms with van der Waals surface area (Å²) >= 11 is 2.21. The second-order valence-corrected chi connectivity index (χ2v) is 4.39. The van der Waals surface area contributed by atoms with Gasteiger partial charge >= 0.3 is 5.97 Å². The molecule has 1 N–H and O–H groups in total. The Hall–Kier alpha value is -0.590. The van der Waals surface area contributed by atoms with Crippen LogP contribution >= 0.6 is 22.6 Å². The lowest BCUT2D eigenvalue weighted by Gasteiger charge is -1.93. The van der Waals surface area contributed by atoms with Gasteiger partial charge in [-0.1, -0.05) is 0 Å². The topological polar surface area (TPSA) is 55.1 Å². The fourth-order valence-corrected chi connectivity index (χ4v) is 2.13. The number of hydrogen-bond donors (Lipinski definition) is 1. The molecule has 1 heterocycles. The smallest absolute Gasteiger partial charge is 0.325 e. The van der Waals surface area contributed by atoms with Crippen molar-refractivity contribution in [3.63, 3.8) is 0 Å². The predicted molar refractivity (Wildman–Crippen MR) is 54.6 cm³/mol. The van der Waals surface area contributed by atoms with E-state index in [1.54, 1.807) is 6.20 Å². The molecule has 0 radical (unpaired) electrons. The van der Waals surface area contributed by atoms with Crippen LogP contribution in [0.4, 0.5) is 0 Å². The summed E-state index contributed by atoms with van der Waals surface area (Å²) in [7, 11) is 0. The molecule has 0 amide bonds. The fourth-order valence-electron chi connectivity index (χ4n) is 1.26. The molecule has 1 saturated carbocycles. The van der Waals surface area contributed by atoms with Gasteiger partial charge in [-0.15, -0.1) is 0 Å². The Kier molecular flexibility index (Phi) is 2.27. The summed E-state index contributed by atoms with van der Waals surface area (Å²) in [5.41, 5.74) is 1.07. The van der Waals surface area contributed by atoms with Crippen LogP contribution in [0.3, 0.4) is 0 Å². The Morgan fingerprint density at radius 1 is 1.77 bits per heavy atom. The Labute approximate surface area is 89.1 Å². The molecule has 2 rings (SSSR count). The third kappa shape index (κ3) is 2.01. The minimum Gasteiger partial charge on any atom is -0.480 e. The summed E-state index contributed by atoms with van der Waals surface area (Å²) in [6.07, 6.45) is 4.18. The van der Waals surface area contributed by atoms with Crippen LogP contribution in [0.1, 0.15) is 24.5 Å². The Morgan fingerprint density at radius 2 is 2.46 bits per heavy atom. The summed E-state index contributed by atoms with van der Waals surface area (Å²) in [5, 5.41) is 12.8. The number of carboxylic acids is 1. The molecule has 13 heavy (non-hydrogen) atoms. The van der Waals surface area contributed by atoms with Crippen LogP contribution in [0.2, 0.25) is 0 Å². The van der Waals surface area contributed by atoms with Gasteiger partial charge in [0.05, 0.1) is 9.26 Å². The molecule has 1 fully saturated rings. The van der Waals surface area contributed by atoms with Crippen LogP contribution in [-0.2, 0) is 11.3 Å². The molecular weight excluding hydrogens is 283 g/mol. The maximum Gasteiger partial charge on any atom is 0.325 e. The molecule has 1 aromatic rings. The van der Waals surface area contributed by atoms with Gasteiger partial charge in [-0.05, 0) is 35.4 Å². The molecule has 1 aliphatic carbocycles. The van der Waals surface area contributed by atoms with Crippen molar-refractivity contribution < 1.29 is 9.90 Å². The monoisotopic (exact) mass is 292 g/mol. The number of aromatic nitrogens is 2. The van der Waals surface area contributed by atoms with Gasteiger partial charge < -0.3 is 5.11 Å². The summed E-state index contributed by atoms with van der Waals surface area (Å²) in [4.78, 5) is 10.4. The molecule has 0 aromatic carbocycles. The number of halogens is 1. The molecule has 1 aromatic heterocycles. The number of nitrogens with zero attached hydrogens (tertiary/aromatic N) is 2. The van der Waals surface area contributed by atoms with Crippen molar-refractivity contribution in [1.82, 2.24) is 9.78 Å². The largest absolute Gasteiger partial charge is 0.480 e. The molecule has 0 bridgehead atoms. The highest BCUT2D eigenvalue weighted by Gasteiger charge is 2.28. The van der Waals surface area contributed by atoms with E-state index in [1.165, 1.54) is 17.5 Å². The lowest BCUT2D eigenvalue weighted by atomic mass is 10.3. The van der Waals surface area contributed by atoms with Crippen LogP contribution < -0.4 is 0 Å². The molecule has 0 atom stereocenters. The van der Waals surface area contributed by atoms with E-state index in [0.29, 0.717) is 5.92 Å². The van der Waals surface area contributed by atoms with Crippen LogP contribution in [0, 0.1) is 3.57 Å². The first-order valence-corrected chi connectivity index (χ1v) is 5.19. The van der Waals surface area contributed by atoms with Crippen LogP contribution in [0.5, 0.6) is 0 Å². The Morgan fingerprint density at radius 3 is 3.00 bits per heavy atom. The first kappa shape index (κ1) is 8.98. The Balaban J connectivity index is 2.19. The van der Waals surface area contributed by atoms with E-state index in [2.05, 4.69) is 27.7 Å². The van der Waals surface area contributed by atoms with Crippen molar-refractivity contribution >= 4 is 28.6 Å². The molecule has 0 aliphatic heterocycles. The molecule has 0 saturated heterocycles. The van der Waals surface area contributed by atoms with Crippen molar-refractivity contribution in [1.29, 1.82) is 0 Å². The van der Waals surface area contributed by atoms with Gasteiger partial charge in [0, 0.05) is 12.1 Å². The van der Waals surface area contributed by atoms with Gasteiger partial charge in [0.15, 0.2) is 0 Å². The van der Waals surface area contributed by atoms with Gasteiger partial charge in [0.25, 0.3) is 0 Å². The maximum absolute atomic E-state index is 10.4. The van der Waals surface area contributed by atoms with E-state index < -0.39 is 5.97 Å². The van der Waals surface area contributed by atoms with E-state index in [0.717, 1.165) is 9.26 Å². The van der Waals surface area contributed by atoms with Crippen molar-refractivity contribution in [2.24, 2.45) is 0 Å². The van der Waals surface area contributed by atoms with Crippen LogP contribution in [0.15, 0.2) is 6.20 Å². The fraction of sp³-hybridized carbons (Fsp3) is 0.500. The third-order valence-corrected chi connectivity index (χ3v) is 2.84. The van der Waals surface area contributed by atoms with E-state index in [-0.39, 0.29) is 6.54 Å². The van der Waals surface area contributed by atoms with E-state index >= 15 is 0 Å². The van der Waals surface area contributed by atoms with Crippen molar-refractivity contribution in [2.75, 3.05) is 0 Å². The summed E-state index contributed by atoms with van der Waals surface area (Å²) < 4.78 is 2.58. The first-order valence-electron chi connectivity index (χ1n) is 4.11. The first-order chi connectivity index (χ1) is 6.16. The zero-order valence-electron chi connectivity index (χ0n) is 6.90. The summed E-state index contributed by atoms with van der Waals surface area (Å²) in [6.45, 7) is -0.0390. The standard InChI is InChI=1S/C8H9IN2O2/c9-6-3-11(4-7(12)13)10-8(6)5-1-2-5/h3,5H,1-2,4H2,(H,12,13). The molecule has 5 heteroatoms. The lowest BCUT2D eigenvalue weighted by molar-refractivity contribution is -0.137. The summed E-state index contributed by atoms with van der Waals surface area (Å²) in [6, 6.07) is 0. The second kappa shape index (κ2) is 3.28. The molecule has 4 nitrogen and oxygen atoms in total. The highest BCUT2D eigenvalue weighted by Crippen LogP contribution is 2.40. The SMILES string of the molecule is O=C(O)Cn1cc(I)c(C2CC2)n1. The van der Waals surface area contributed by atoms with Crippen LogP contribution in [0.25, 0.3) is 0 Å². The van der Waals surface area contributed by atoms with Gasteiger partial charge in [0.1, 0.15) is 6.54 Å². The number of aliphatic carboxylic acids is 1. The van der Waals surface area contributed by atoms with Crippen molar-refractivity contribution in [3.05, 3.63) is 15.5 Å². The van der Waals surface area contributed by atoms with Gasteiger partial charge in [-0.3, -0.25) is 9.48 Å². The van der Waals surface area contributed by atoms with Gasteiger partial charge in [0.2, 0.25) is 0 Å². The third-order valence-electron chi connectivity index (χ3n) is 2.00. The maximum atomic E-state index is 10.4. The minimum absolute atomic E-state index is 0.0390. The quantitative estimate of drug-likeness (QED) is 0.858. The number of carboxylic acid groups (broad SMARTS) is 1. The zero-order valence-corrected chi connectivity index (χ0v) is 9.06. The molecule has 0 spiro atoms. The normalized spacial score (nSPS) is 16.1. The van der Waals surface area contributed by atoms with E-state index in [4.69, 9.17) is 5.11 Å². The van der Waals surface area contributed by atoms with Gasteiger partial charge in [-0.25, -0.2) is 0 Å². The lowest BCUT2D eigenvalue weighted by Crippen LogP contribution is -2.09. The molecule has 0 unspecified atom stereocenters. The highest BCUT2D eigenvalue weighted by atomic mass is 127.